The quantitative estimate of drug-likeness (QED) is 0.614. The fourth-order valence-corrected chi connectivity index (χ4v) is 2.59. The minimum Gasteiger partial charge on any atom is -0.306 e. The van der Waals surface area contributed by atoms with Gasteiger partial charge in [0.25, 0.3) is 0 Å². The Balaban J connectivity index is 2.59. The summed E-state index contributed by atoms with van der Waals surface area (Å²) in [6.07, 6.45) is 0. The fraction of sp³-hybridized carbons (Fsp3) is 0.200. The Hall–Kier alpha value is -1.40. The van der Waals surface area contributed by atoms with Crippen LogP contribution in [0.5, 0.6) is 0 Å². The van der Waals surface area contributed by atoms with Crippen molar-refractivity contribution >= 4 is 15.9 Å². The lowest BCUT2D eigenvalue weighted by molar-refractivity contribution is 0.480. The largest absolute Gasteiger partial charge is 0.306 e. The van der Waals surface area contributed by atoms with Crippen LogP contribution in [0.3, 0.4) is 0 Å². The maximum atomic E-state index is 14.0. The second-order valence-electron chi connectivity index (χ2n) is 4.42. The third-order valence-corrected chi connectivity index (χ3v) is 3.89. The van der Waals surface area contributed by atoms with E-state index >= 15 is 0 Å². The summed E-state index contributed by atoms with van der Waals surface area (Å²) in [5.41, 5.74) is 0.323. The molecule has 0 saturated carbocycles. The number of rotatable bonds is 4. The number of hydrogen-bond donors (Lipinski definition) is 1. The van der Waals surface area contributed by atoms with E-state index in [9.17, 15) is 17.6 Å². The second kappa shape index (κ2) is 6.58. The predicted molar refractivity (Wildman–Crippen MR) is 75.9 cm³/mol. The van der Waals surface area contributed by atoms with Gasteiger partial charge in [-0.15, -0.1) is 0 Å². The molecule has 21 heavy (non-hydrogen) atoms. The monoisotopic (exact) mass is 361 g/mol. The van der Waals surface area contributed by atoms with Gasteiger partial charge in [-0.2, -0.15) is 0 Å². The zero-order valence-corrected chi connectivity index (χ0v) is 12.6. The highest BCUT2D eigenvalue weighted by Gasteiger charge is 2.22. The molecule has 1 atom stereocenters. The van der Waals surface area contributed by atoms with Crippen LogP contribution in [0.1, 0.15) is 24.1 Å². The summed E-state index contributed by atoms with van der Waals surface area (Å²) < 4.78 is 54.2. The maximum Gasteiger partial charge on any atom is 0.161 e. The first-order valence-electron chi connectivity index (χ1n) is 6.27. The van der Waals surface area contributed by atoms with Gasteiger partial charge in [-0.25, -0.2) is 17.6 Å². The van der Waals surface area contributed by atoms with E-state index in [0.717, 1.165) is 6.07 Å². The Morgan fingerprint density at radius 3 is 2.29 bits per heavy atom. The Morgan fingerprint density at radius 1 is 0.952 bits per heavy atom. The summed E-state index contributed by atoms with van der Waals surface area (Å²) in [6.45, 7) is 2.21. The molecule has 0 heterocycles. The van der Waals surface area contributed by atoms with Gasteiger partial charge in [0, 0.05) is 11.6 Å². The standard InChI is InChI=1S/C15H12BrF4N/c1-2-21-15(8-4-3-5-10(17)14(8)16)9-6-12(19)13(20)7-11(9)18/h3-7,15,21H,2H2,1H3. The topological polar surface area (TPSA) is 12.0 Å². The molecule has 0 radical (unpaired) electrons. The van der Waals surface area contributed by atoms with Crippen LogP contribution in [0, 0.1) is 23.3 Å². The van der Waals surface area contributed by atoms with Crippen LogP contribution in [-0.2, 0) is 0 Å². The summed E-state index contributed by atoms with van der Waals surface area (Å²) in [5.74, 6) is -3.82. The minimum atomic E-state index is -1.26. The third kappa shape index (κ3) is 3.27. The van der Waals surface area contributed by atoms with E-state index in [-0.39, 0.29) is 10.0 Å². The summed E-state index contributed by atoms with van der Waals surface area (Å²) >= 11 is 3.10. The zero-order chi connectivity index (χ0) is 15.6. The van der Waals surface area contributed by atoms with Crippen LogP contribution in [0.4, 0.5) is 17.6 Å². The van der Waals surface area contributed by atoms with Gasteiger partial charge < -0.3 is 5.32 Å². The molecule has 0 bridgehead atoms. The lowest BCUT2D eigenvalue weighted by Crippen LogP contribution is -2.24. The van der Waals surface area contributed by atoms with E-state index in [4.69, 9.17) is 0 Å². The summed E-state index contributed by atoms with van der Waals surface area (Å²) in [7, 11) is 0. The molecule has 0 aliphatic carbocycles. The molecule has 0 spiro atoms. The molecule has 6 heteroatoms. The molecule has 2 rings (SSSR count). The Kier molecular flexibility index (Phi) is 5.00. The summed E-state index contributed by atoms with van der Waals surface area (Å²) in [6, 6.07) is 4.78. The van der Waals surface area contributed by atoms with Gasteiger partial charge in [-0.3, -0.25) is 0 Å². The van der Waals surface area contributed by atoms with Gasteiger partial charge in [0.2, 0.25) is 0 Å². The molecule has 0 saturated heterocycles. The Labute approximate surface area is 128 Å². The van der Waals surface area contributed by atoms with Crippen LogP contribution in [-0.4, -0.2) is 6.54 Å². The normalized spacial score (nSPS) is 12.5. The highest BCUT2D eigenvalue weighted by molar-refractivity contribution is 9.10. The predicted octanol–water partition coefficient (Wildman–Crippen LogP) is 4.70. The summed E-state index contributed by atoms with van der Waals surface area (Å²) in [4.78, 5) is 0. The zero-order valence-electron chi connectivity index (χ0n) is 11.1. The Bertz CT molecular complexity index is 660. The van der Waals surface area contributed by atoms with Crippen LogP contribution >= 0.6 is 15.9 Å². The molecule has 0 aromatic heterocycles. The Morgan fingerprint density at radius 2 is 1.62 bits per heavy atom. The minimum absolute atomic E-state index is 0.0814. The van der Waals surface area contributed by atoms with E-state index in [1.54, 1.807) is 13.0 Å². The van der Waals surface area contributed by atoms with Crippen molar-refractivity contribution in [2.75, 3.05) is 6.54 Å². The highest BCUT2D eigenvalue weighted by Crippen LogP contribution is 2.32. The van der Waals surface area contributed by atoms with Gasteiger partial charge in [-0.05, 0) is 40.2 Å². The van der Waals surface area contributed by atoms with E-state index in [0.29, 0.717) is 18.2 Å². The molecule has 2 aromatic rings. The molecule has 0 aliphatic rings. The first kappa shape index (κ1) is 16.0. The molecular weight excluding hydrogens is 350 g/mol. The van der Waals surface area contributed by atoms with Crippen molar-refractivity contribution in [3.63, 3.8) is 0 Å². The van der Waals surface area contributed by atoms with E-state index in [1.807, 2.05) is 0 Å². The fourth-order valence-electron chi connectivity index (χ4n) is 2.09. The SMILES string of the molecule is CCNC(c1cc(F)c(F)cc1F)c1cccc(F)c1Br. The molecule has 0 aliphatic heterocycles. The molecule has 1 unspecified atom stereocenters. The first-order valence-corrected chi connectivity index (χ1v) is 7.06. The van der Waals surface area contributed by atoms with Crippen molar-refractivity contribution in [2.45, 2.75) is 13.0 Å². The van der Waals surface area contributed by atoms with Gasteiger partial charge in [-0.1, -0.05) is 19.1 Å². The van der Waals surface area contributed by atoms with E-state index in [1.165, 1.54) is 12.1 Å². The second-order valence-corrected chi connectivity index (χ2v) is 5.21. The smallest absolute Gasteiger partial charge is 0.161 e. The van der Waals surface area contributed by atoms with Gasteiger partial charge in [0.15, 0.2) is 11.6 Å². The van der Waals surface area contributed by atoms with E-state index in [2.05, 4.69) is 21.2 Å². The summed E-state index contributed by atoms with van der Waals surface area (Å²) in [5, 5.41) is 2.94. The number of benzene rings is 2. The molecule has 0 fully saturated rings. The third-order valence-electron chi connectivity index (χ3n) is 3.05. The van der Waals surface area contributed by atoms with Crippen molar-refractivity contribution in [1.82, 2.24) is 5.32 Å². The molecule has 2 aromatic carbocycles. The molecular formula is C15H12BrF4N. The van der Waals surface area contributed by atoms with Crippen molar-refractivity contribution in [3.05, 3.63) is 69.2 Å². The lowest BCUT2D eigenvalue weighted by Gasteiger charge is -2.21. The van der Waals surface area contributed by atoms with Crippen LogP contribution in [0.15, 0.2) is 34.8 Å². The average Bonchev–Trinajstić information content (AvgIpc) is 2.44. The average molecular weight is 362 g/mol. The highest BCUT2D eigenvalue weighted by atomic mass is 79.9. The lowest BCUT2D eigenvalue weighted by atomic mass is 9.97. The maximum absolute atomic E-state index is 14.0. The van der Waals surface area contributed by atoms with Crippen molar-refractivity contribution in [1.29, 1.82) is 0 Å². The number of halogens is 5. The molecule has 0 amide bonds. The van der Waals surface area contributed by atoms with Gasteiger partial charge in [0.1, 0.15) is 11.6 Å². The van der Waals surface area contributed by atoms with Gasteiger partial charge in [0.05, 0.1) is 10.5 Å². The van der Waals surface area contributed by atoms with Crippen molar-refractivity contribution in [2.24, 2.45) is 0 Å². The molecule has 1 nitrogen and oxygen atoms in total. The van der Waals surface area contributed by atoms with Crippen LogP contribution in [0.2, 0.25) is 0 Å². The van der Waals surface area contributed by atoms with Gasteiger partial charge >= 0.3 is 0 Å². The van der Waals surface area contributed by atoms with Crippen LogP contribution in [0.25, 0.3) is 0 Å². The first-order chi connectivity index (χ1) is 9.95. The van der Waals surface area contributed by atoms with Crippen LogP contribution < -0.4 is 5.32 Å². The molecule has 1 N–H and O–H groups in total. The molecule has 112 valence electrons. The number of hydrogen-bond acceptors (Lipinski definition) is 1. The van der Waals surface area contributed by atoms with Crippen molar-refractivity contribution < 1.29 is 17.6 Å². The van der Waals surface area contributed by atoms with Crippen molar-refractivity contribution in [3.8, 4) is 0 Å². The number of nitrogens with one attached hydrogen (secondary N) is 1. The van der Waals surface area contributed by atoms with E-state index < -0.39 is 29.3 Å².